The first-order valence-electron chi connectivity index (χ1n) is 7.36. The largest absolute Gasteiger partial charge is 0.508 e. The van der Waals surface area contributed by atoms with E-state index in [-0.39, 0.29) is 17.0 Å². The van der Waals surface area contributed by atoms with Crippen molar-refractivity contribution < 1.29 is 23.1 Å². The number of rotatable bonds is 4. The third-order valence-corrected chi connectivity index (χ3v) is 3.39. The summed E-state index contributed by atoms with van der Waals surface area (Å²) in [7, 11) is 0. The summed E-state index contributed by atoms with van der Waals surface area (Å²) >= 11 is 0. The quantitative estimate of drug-likeness (QED) is 0.433. The number of carbonyl (C=O) groups is 1. The Morgan fingerprint density at radius 2 is 1.96 bits per heavy atom. The lowest BCUT2D eigenvalue weighted by molar-refractivity contribution is -0.137. The standard InChI is InChI=1S/C18H14F3N3O2/c1-11-7-15(25)5-6-16(11)23-10-12(9-22)17(26)24-14-4-2-3-13(8-14)18(19,20)21/h2-8,10,23,25H,1H3,(H,24,26)/b12-10-. The third kappa shape index (κ3) is 4.77. The number of hydrogen-bond donors (Lipinski definition) is 3. The maximum Gasteiger partial charge on any atom is 0.416 e. The van der Waals surface area contributed by atoms with Crippen LogP contribution in [0.4, 0.5) is 24.5 Å². The van der Waals surface area contributed by atoms with E-state index in [1.807, 2.05) is 0 Å². The van der Waals surface area contributed by atoms with Crippen LogP contribution in [0.5, 0.6) is 5.75 Å². The van der Waals surface area contributed by atoms with Gasteiger partial charge in [0.25, 0.3) is 5.91 Å². The van der Waals surface area contributed by atoms with E-state index >= 15 is 0 Å². The molecule has 0 fully saturated rings. The van der Waals surface area contributed by atoms with Gasteiger partial charge >= 0.3 is 6.18 Å². The van der Waals surface area contributed by atoms with Gasteiger partial charge in [-0.25, -0.2) is 0 Å². The normalized spacial score (nSPS) is 11.6. The molecule has 0 bridgehead atoms. The number of benzene rings is 2. The summed E-state index contributed by atoms with van der Waals surface area (Å²) in [5.41, 5.74) is -0.0726. The van der Waals surface area contributed by atoms with Gasteiger partial charge < -0.3 is 15.7 Å². The molecule has 1 amide bonds. The number of phenols is 1. The van der Waals surface area contributed by atoms with Crippen molar-refractivity contribution in [3.8, 4) is 11.8 Å². The molecule has 0 saturated carbocycles. The van der Waals surface area contributed by atoms with E-state index in [9.17, 15) is 23.1 Å². The second kappa shape index (κ2) is 7.61. The molecular weight excluding hydrogens is 347 g/mol. The van der Waals surface area contributed by atoms with Crippen molar-refractivity contribution in [1.29, 1.82) is 5.26 Å². The number of hydrogen-bond acceptors (Lipinski definition) is 4. The Labute approximate surface area is 147 Å². The molecule has 0 unspecified atom stereocenters. The molecule has 8 heteroatoms. The summed E-state index contributed by atoms with van der Waals surface area (Å²) in [6.07, 6.45) is -3.39. The van der Waals surface area contributed by atoms with Crippen LogP contribution in [0, 0.1) is 18.3 Å². The Morgan fingerprint density at radius 3 is 2.58 bits per heavy atom. The average Bonchev–Trinajstić information content (AvgIpc) is 2.56. The van der Waals surface area contributed by atoms with Gasteiger partial charge in [0.2, 0.25) is 0 Å². The van der Waals surface area contributed by atoms with Gasteiger partial charge in [-0.3, -0.25) is 4.79 Å². The molecule has 0 saturated heterocycles. The van der Waals surface area contributed by atoms with Gasteiger partial charge in [-0.2, -0.15) is 18.4 Å². The minimum atomic E-state index is -4.54. The SMILES string of the molecule is Cc1cc(O)ccc1N/C=C(/C#N)C(=O)Nc1cccc(C(F)(F)F)c1. The van der Waals surface area contributed by atoms with E-state index < -0.39 is 17.6 Å². The number of nitrogens with zero attached hydrogens (tertiary/aromatic N) is 1. The van der Waals surface area contributed by atoms with Crippen LogP contribution >= 0.6 is 0 Å². The zero-order chi connectivity index (χ0) is 19.3. The number of aryl methyl sites for hydroxylation is 1. The predicted octanol–water partition coefficient (Wildman–Crippen LogP) is 4.18. The van der Waals surface area contributed by atoms with Gasteiger partial charge in [-0.1, -0.05) is 6.07 Å². The lowest BCUT2D eigenvalue weighted by Gasteiger charge is -2.10. The summed E-state index contributed by atoms with van der Waals surface area (Å²) in [6, 6.07) is 10.3. The number of amides is 1. The molecule has 134 valence electrons. The van der Waals surface area contributed by atoms with E-state index in [0.717, 1.165) is 24.4 Å². The van der Waals surface area contributed by atoms with Gasteiger partial charge in [0.05, 0.1) is 5.56 Å². The minimum Gasteiger partial charge on any atom is -0.508 e. The van der Waals surface area contributed by atoms with Crippen molar-refractivity contribution >= 4 is 17.3 Å². The predicted molar refractivity (Wildman–Crippen MR) is 90.2 cm³/mol. The highest BCUT2D eigenvalue weighted by atomic mass is 19.4. The van der Waals surface area contributed by atoms with Crippen LogP contribution in [-0.2, 0) is 11.0 Å². The minimum absolute atomic E-state index is 0.0693. The van der Waals surface area contributed by atoms with E-state index in [4.69, 9.17) is 5.26 Å². The number of nitrogens with one attached hydrogen (secondary N) is 2. The maximum atomic E-state index is 12.7. The van der Waals surface area contributed by atoms with E-state index in [2.05, 4.69) is 10.6 Å². The van der Waals surface area contributed by atoms with Crippen molar-refractivity contribution in [1.82, 2.24) is 0 Å². The number of anilines is 2. The highest BCUT2D eigenvalue weighted by Crippen LogP contribution is 2.30. The fourth-order valence-corrected chi connectivity index (χ4v) is 2.08. The van der Waals surface area contributed by atoms with Crippen LogP contribution in [0.15, 0.2) is 54.2 Å². The van der Waals surface area contributed by atoms with Crippen LogP contribution in [-0.4, -0.2) is 11.0 Å². The van der Waals surface area contributed by atoms with Gasteiger partial charge in [0.15, 0.2) is 0 Å². The number of alkyl halides is 3. The first-order chi connectivity index (χ1) is 12.2. The van der Waals surface area contributed by atoms with Crippen molar-refractivity contribution in [2.24, 2.45) is 0 Å². The smallest absolute Gasteiger partial charge is 0.416 e. The molecule has 2 rings (SSSR count). The summed E-state index contributed by atoms with van der Waals surface area (Å²) in [5, 5.41) is 23.5. The van der Waals surface area contributed by atoms with Gasteiger partial charge in [0, 0.05) is 17.6 Å². The molecule has 0 aliphatic rings. The van der Waals surface area contributed by atoms with Gasteiger partial charge in [-0.05, 0) is 48.9 Å². The summed E-state index contributed by atoms with van der Waals surface area (Å²) < 4.78 is 38.1. The Hall–Kier alpha value is -3.47. The van der Waals surface area contributed by atoms with Crippen molar-refractivity contribution in [3.63, 3.8) is 0 Å². The Bertz CT molecular complexity index is 899. The molecule has 0 aliphatic heterocycles. The van der Waals surface area contributed by atoms with Crippen molar-refractivity contribution in [3.05, 3.63) is 65.4 Å². The third-order valence-electron chi connectivity index (χ3n) is 3.39. The van der Waals surface area contributed by atoms with Crippen molar-refractivity contribution in [2.75, 3.05) is 10.6 Å². The highest BCUT2D eigenvalue weighted by Gasteiger charge is 2.30. The monoisotopic (exact) mass is 361 g/mol. The maximum absolute atomic E-state index is 12.7. The van der Waals surface area contributed by atoms with E-state index in [0.29, 0.717) is 11.3 Å². The van der Waals surface area contributed by atoms with E-state index in [1.54, 1.807) is 19.1 Å². The Kier molecular flexibility index (Phi) is 5.52. The summed E-state index contributed by atoms with van der Waals surface area (Å²) in [4.78, 5) is 12.1. The van der Waals surface area contributed by atoms with Gasteiger partial charge in [-0.15, -0.1) is 0 Å². The number of aromatic hydroxyl groups is 1. The number of nitriles is 1. The second-order valence-corrected chi connectivity index (χ2v) is 5.35. The average molecular weight is 361 g/mol. The summed E-state index contributed by atoms with van der Waals surface area (Å²) in [5.74, 6) is -0.782. The molecule has 2 aromatic rings. The topological polar surface area (TPSA) is 85.2 Å². The number of phenolic OH excluding ortho intramolecular Hbond substituents is 1. The molecule has 2 aromatic carbocycles. The highest BCUT2D eigenvalue weighted by molar-refractivity contribution is 6.06. The molecule has 0 spiro atoms. The van der Waals surface area contributed by atoms with Crippen LogP contribution in [0.1, 0.15) is 11.1 Å². The van der Waals surface area contributed by atoms with Crippen LogP contribution < -0.4 is 10.6 Å². The Morgan fingerprint density at radius 1 is 1.23 bits per heavy atom. The molecule has 0 aliphatic carbocycles. The lowest BCUT2D eigenvalue weighted by atomic mass is 10.2. The lowest BCUT2D eigenvalue weighted by Crippen LogP contribution is -2.15. The molecule has 26 heavy (non-hydrogen) atoms. The zero-order valence-electron chi connectivity index (χ0n) is 13.6. The summed E-state index contributed by atoms with van der Waals surface area (Å²) in [6.45, 7) is 1.71. The fourth-order valence-electron chi connectivity index (χ4n) is 2.08. The molecule has 5 nitrogen and oxygen atoms in total. The zero-order valence-corrected chi connectivity index (χ0v) is 13.6. The van der Waals surface area contributed by atoms with Gasteiger partial charge in [0.1, 0.15) is 17.4 Å². The second-order valence-electron chi connectivity index (χ2n) is 5.35. The fraction of sp³-hybridized carbons (Fsp3) is 0.111. The molecule has 0 aromatic heterocycles. The van der Waals surface area contributed by atoms with Crippen molar-refractivity contribution in [2.45, 2.75) is 13.1 Å². The first kappa shape index (κ1) is 18.9. The van der Waals surface area contributed by atoms with E-state index in [1.165, 1.54) is 18.2 Å². The van der Waals surface area contributed by atoms with Crippen LogP contribution in [0.25, 0.3) is 0 Å². The molecule has 0 heterocycles. The van der Waals surface area contributed by atoms with Crippen LogP contribution in [0.3, 0.4) is 0 Å². The van der Waals surface area contributed by atoms with Crippen LogP contribution in [0.2, 0.25) is 0 Å². The molecule has 0 radical (unpaired) electrons. The Balaban J connectivity index is 2.15. The number of carbonyl (C=O) groups excluding carboxylic acids is 1. The molecule has 0 atom stereocenters. The first-order valence-corrected chi connectivity index (χ1v) is 7.36. The molecule has 3 N–H and O–H groups in total. The molecular formula is C18H14F3N3O2. The number of halogens is 3.